The summed E-state index contributed by atoms with van der Waals surface area (Å²) in [6.45, 7) is 4.32. The molecule has 0 bridgehead atoms. The van der Waals surface area contributed by atoms with Crippen molar-refractivity contribution in [3.8, 4) is 11.5 Å². The van der Waals surface area contributed by atoms with E-state index in [0.29, 0.717) is 6.54 Å². The van der Waals surface area contributed by atoms with Crippen molar-refractivity contribution in [2.24, 2.45) is 5.73 Å². The highest BCUT2D eigenvalue weighted by molar-refractivity contribution is 9.10. The molecule has 0 unspecified atom stereocenters. The van der Waals surface area contributed by atoms with Gasteiger partial charge in [0.1, 0.15) is 11.5 Å². The van der Waals surface area contributed by atoms with Gasteiger partial charge >= 0.3 is 0 Å². The van der Waals surface area contributed by atoms with Crippen LogP contribution in [0.15, 0.2) is 34.8 Å². The summed E-state index contributed by atoms with van der Waals surface area (Å²) in [5, 5.41) is 0. The standard InChI is InChI=1S/C14H15BrN2O/c1-9-7-14(13(8-16)10(2)17-9)18-12-5-3-11(15)4-6-12/h3-7H,8,16H2,1-2H3. The lowest BCUT2D eigenvalue weighted by molar-refractivity contribution is 0.474. The first-order chi connectivity index (χ1) is 8.60. The van der Waals surface area contributed by atoms with E-state index >= 15 is 0 Å². The predicted molar refractivity (Wildman–Crippen MR) is 75.8 cm³/mol. The molecule has 0 aliphatic heterocycles. The first-order valence-electron chi connectivity index (χ1n) is 5.70. The average molecular weight is 307 g/mol. The van der Waals surface area contributed by atoms with Crippen molar-refractivity contribution in [2.45, 2.75) is 20.4 Å². The Balaban J connectivity index is 2.36. The topological polar surface area (TPSA) is 48.1 Å². The lowest BCUT2D eigenvalue weighted by atomic mass is 10.1. The summed E-state index contributed by atoms with van der Waals surface area (Å²) in [5.74, 6) is 1.57. The van der Waals surface area contributed by atoms with Crippen molar-refractivity contribution in [3.05, 3.63) is 51.8 Å². The van der Waals surface area contributed by atoms with Crippen LogP contribution in [0.2, 0.25) is 0 Å². The molecule has 0 radical (unpaired) electrons. The molecule has 0 amide bonds. The smallest absolute Gasteiger partial charge is 0.135 e. The Bertz CT molecular complexity index is 552. The van der Waals surface area contributed by atoms with Gasteiger partial charge in [0.15, 0.2) is 0 Å². The number of benzene rings is 1. The summed E-state index contributed by atoms with van der Waals surface area (Å²) in [5.41, 5.74) is 8.55. The van der Waals surface area contributed by atoms with E-state index in [9.17, 15) is 0 Å². The number of halogens is 1. The van der Waals surface area contributed by atoms with Crippen LogP contribution in [0.25, 0.3) is 0 Å². The number of ether oxygens (including phenoxy) is 1. The number of rotatable bonds is 3. The van der Waals surface area contributed by atoms with E-state index in [1.807, 2.05) is 44.2 Å². The predicted octanol–water partition coefficient (Wildman–Crippen LogP) is 3.71. The van der Waals surface area contributed by atoms with Crippen molar-refractivity contribution in [3.63, 3.8) is 0 Å². The lowest BCUT2D eigenvalue weighted by Gasteiger charge is -2.13. The Labute approximate surface area is 115 Å². The Hall–Kier alpha value is -1.39. The Morgan fingerprint density at radius 3 is 2.50 bits per heavy atom. The summed E-state index contributed by atoms with van der Waals surface area (Å²) in [6.07, 6.45) is 0. The van der Waals surface area contributed by atoms with Crippen LogP contribution < -0.4 is 10.5 Å². The van der Waals surface area contributed by atoms with Crippen LogP contribution in [0.5, 0.6) is 11.5 Å². The number of nitrogens with zero attached hydrogens (tertiary/aromatic N) is 1. The van der Waals surface area contributed by atoms with Gasteiger partial charge in [-0.2, -0.15) is 0 Å². The monoisotopic (exact) mass is 306 g/mol. The Morgan fingerprint density at radius 1 is 1.22 bits per heavy atom. The van der Waals surface area contributed by atoms with Crippen LogP contribution in [0.1, 0.15) is 17.0 Å². The fourth-order valence-corrected chi connectivity index (χ4v) is 2.05. The van der Waals surface area contributed by atoms with E-state index in [1.165, 1.54) is 0 Å². The third-order valence-electron chi connectivity index (χ3n) is 2.66. The highest BCUT2D eigenvalue weighted by Crippen LogP contribution is 2.28. The van der Waals surface area contributed by atoms with E-state index in [2.05, 4.69) is 20.9 Å². The van der Waals surface area contributed by atoms with Crippen LogP contribution in [0.3, 0.4) is 0 Å². The van der Waals surface area contributed by atoms with E-state index < -0.39 is 0 Å². The minimum Gasteiger partial charge on any atom is -0.457 e. The number of aryl methyl sites for hydroxylation is 2. The summed E-state index contributed by atoms with van der Waals surface area (Å²) in [4.78, 5) is 4.39. The maximum atomic E-state index is 5.88. The van der Waals surface area contributed by atoms with Crippen LogP contribution in [0, 0.1) is 13.8 Å². The number of hydrogen-bond donors (Lipinski definition) is 1. The van der Waals surface area contributed by atoms with Gasteiger partial charge in [-0.1, -0.05) is 15.9 Å². The minimum atomic E-state index is 0.422. The zero-order valence-corrected chi connectivity index (χ0v) is 12.0. The molecule has 0 saturated carbocycles. The normalized spacial score (nSPS) is 10.4. The fraction of sp³-hybridized carbons (Fsp3) is 0.214. The Morgan fingerprint density at radius 2 is 1.89 bits per heavy atom. The van der Waals surface area contributed by atoms with Crippen molar-refractivity contribution in [1.29, 1.82) is 0 Å². The molecule has 94 valence electrons. The van der Waals surface area contributed by atoms with Crippen LogP contribution in [-0.2, 0) is 6.54 Å². The van der Waals surface area contributed by atoms with E-state index in [1.54, 1.807) is 0 Å². The summed E-state index contributed by atoms with van der Waals surface area (Å²) >= 11 is 3.40. The van der Waals surface area contributed by atoms with Gasteiger partial charge < -0.3 is 10.5 Å². The highest BCUT2D eigenvalue weighted by Gasteiger charge is 2.09. The SMILES string of the molecule is Cc1cc(Oc2ccc(Br)cc2)c(CN)c(C)n1. The van der Waals surface area contributed by atoms with Gasteiger partial charge in [-0.05, 0) is 38.1 Å². The van der Waals surface area contributed by atoms with Crippen LogP contribution in [0.4, 0.5) is 0 Å². The molecular formula is C14H15BrN2O. The van der Waals surface area contributed by atoms with Crippen LogP contribution in [-0.4, -0.2) is 4.98 Å². The Kier molecular flexibility index (Phi) is 3.99. The third kappa shape index (κ3) is 2.89. The second-order valence-electron chi connectivity index (χ2n) is 4.09. The molecular weight excluding hydrogens is 292 g/mol. The van der Waals surface area contributed by atoms with Gasteiger partial charge in [0.05, 0.1) is 0 Å². The fourth-order valence-electron chi connectivity index (χ4n) is 1.79. The molecule has 3 nitrogen and oxygen atoms in total. The number of pyridine rings is 1. The zero-order chi connectivity index (χ0) is 13.1. The zero-order valence-electron chi connectivity index (χ0n) is 10.4. The van der Waals surface area contributed by atoms with E-state index in [4.69, 9.17) is 10.5 Å². The second kappa shape index (κ2) is 5.50. The molecule has 0 saturated heterocycles. The molecule has 18 heavy (non-hydrogen) atoms. The summed E-state index contributed by atoms with van der Waals surface area (Å²) < 4.78 is 6.90. The van der Waals surface area contributed by atoms with Crippen molar-refractivity contribution >= 4 is 15.9 Å². The van der Waals surface area contributed by atoms with Gasteiger partial charge in [0.2, 0.25) is 0 Å². The summed E-state index contributed by atoms with van der Waals surface area (Å²) in [7, 11) is 0. The van der Waals surface area contributed by atoms with E-state index in [0.717, 1.165) is 32.9 Å². The maximum absolute atomic E-state index is 5.88. The van der Waals surface area contributed by atoms with Gasteiger partial charge in [-0.15, -0.1) is 0 Å². The van der Waals surface area contributed by atoms with Gasteiger partial charge in [0, 0.05) is 34.0 Å². The summed E-state index contributed by atoms with van der Waals surface area (Å²) in [6, 6.07) is 9.62. The van der Waals surface area contributed by atoms with Gasteiger partial charge in [0.25, 0.3) is 0 Å². The molecule has 0 atom stereocenters. The maximum Gasteiger partial charge on any atom is 0.135 e. The first kappa shape index (κ1) is 13.1. The van der Waals surface area contributed by atoms with Crippen molar-refractivity contribution < 1.29 is 4.74 Å². The molecule has 2 rings (SSSR count). The van der Waals surface area contributed by atoms with Crippen molar-refractivity contribution in [1.82, 2.24) is 4.98 Å². The molecule has 0 aliphatic rings. The molecule has 1 aromatic carbocycles. The molecule has 1 aromatic heterocycles. The molecule has 4 heteroatoms. The minimum absolute atomic E-state index is 0.422. The second-order valence-corrected chi connectivity index (χ2v) is 5.00. The average Bonchev–Trinajstić information content (AvgIpc) is 2.32. The molecule has 0 aliphatic carbocycles. The number of nitrogens with two attached hydrogens (primary N) is 1. The number of hydrogen-bond acceptors (Lipinski definition) is 3. The molecule has 1 heterocycles. The molecule has 2 N–H and O–H groups in total. The number of aromatic nitrogens is 1. The quantitative estimate of drug-likeness (QED) is 0.940. The molecule has 0 fully saturated rings. The molecule has 0 spiro atoms. The largest absolute Gasteiger partial charge is 0.457 e. The van der Waals surface area contributed by atoms with Crippen molar-refractivity contribution in [2.75, 3.05) is 0 Å². The first-order valence-corrected chi connectivity index (χ1v) is 6.50. The highest BCUT2D eigenvalue weighted by atomic mass is 79.9. The molecule has 2 aromatic rings. The van der Waals surface area contributed by atoms with Gasteiger partial charge in [-0.25, -0.2) is 0 Å². The third-order valence-corrected chi connectivity index (χ3v) is 3.19. The van der Waals surface area contributed by atoms with Crippen LogP contribution >= 0.6 is 15.9 Å². The lowest BCUT2D eigenvalue weighted by Crippen LogP contribution is -2.04. The van der Waals surface area contributed by atoms with E-state index in [-0.39, 0.29) is 0 Å². The van der Waals surface area contributed by atoms with Gasteiger partial charge in [-0.3, -0.25) is 4.98 Å².